The van der Waals surface area contributed by atoms with Crippen LogP contribution in [0.5, 0.6) is 5.75 Å². The van der Waals surface area contributed by atoms with Crippen molar-refractivity contribution in [1.29, 1.82) is 0 Å². The van der Waals surface area contributed by atoms with Crippen LogP contribution in [0.4, 0.5) is 10.2 Å². The van der Waals surface area contributed by atoms with Crippen molar-refractivity contribution in [2.75, 3.05) is 37.7 Å². The van der Waals surface area contributed by atoms with Crippen molar-refractivity contribution in [3.05, 3.63) is 58.7 Å². The summed E-state index contributed by atoms with van der Waals surface area (Å²) in [5, 5.41) is 11.2. The fourth-order valence-electron chi connectivity index (χ4n) is 7.06. The van der Waals surface area contributed by atoms with Crippen LogP contribution in [0, 0.1) is 19.7 Å². The second-order valence-electron chi connectivity index (χ2n) is 13.8. The van der Waals surface area contributed by atoms with Gasteiger partial charge in [-0.3, -0.25) is 4.79 Å². The number of aliphatic carboxylic acids is 1. The number of carboxylic acid groups (broad SMARTS) is 1. The molecule has 3 aromatic heterocycles. The summed E-state index contributed by atoms with van der Waals surface area (Å²) in [7, 11) is 1.93. The number of benzene rings is 1. The van der Waals surface area contributed by atoms with E-state index in [1.807, 2.05) is 62.4 Å². The first-order valence-electron chi connectivity index (χ1n) is 16.6. The molecule has 5 heterocycles. The van der Waals surface area contributed by atoms with Crippen LogP contribution in [0.1, 0.15) is 69.0 Å². The average molecular weight is 658 g/mol. The number of aromatic nitrogens is 3. The number of nitrogens with zero attached hydrogens (tertiary/aromatic N) is 5. The van der Waals surface area contributed by atoms with Gasteiger partial charge in [0, 0.05) is 79.7 Å². The highest BCUT2D eigenvalue weighted by Crippen LogP contribution is 2.45. The molecule has 0 unspecified atom stereocenters. The molecule has 0 bridgehead atoms. The Morgan fingerprint density at radius 1 is 1.08 bits per heavy atom. The van der Waals surface area contributed by atoms with Gasteiger partial charge in [-0.25, -0.2) is 19.2 Å². The molecule has 1 aromatic carbocycles. The van der Waals surface area contributed by atoms with Gasteiger partial charge >= 0.3 is 5.97 Å². The monoisotopic (exact) mass is 657 g/mol. The SMILES string of the molecule is CC(=O)N1CCCN(c2cc(-c3cc4c(-c5cc(F)c6c(c5C)CCCO6)c([C@H](OC(C)(C)C)C(=O)O)c(C)nc4n3C)ccn2)CC1. The van der Waals surface area contributed by atoms with Gasteiger partial charge in [-0.05, 0) is 89.3 Å². The van der Waals surface area contributed by atoms with Crippen LogP contribution < -0.4 is 9.64 Å². The number of hydrogen-bond donors (Lipinski definition) is 1. The van der Waals surface area contributed by atoms with E-state index in [0.29, 0.717) is 59.5 Å². The summed E-state index contributed by atoms with van der Waals surface area (Å²) in [6.45, 7) is 14.0. The van der Waals surface area contributed by atoms with E-state index in [1.165, 1.54) is 6.07 Å². The van der Waals surface area contributed by atoms with Crippen LogP contribution in [0.25, 0.3) is 33.4 Å². The third kappa shape index (κ3) is 6.23. The molecule has 10 nitrogen and oxygen atoms in total. The predicted molar refractivity (Wildman–Crippen MR) is 183 cm³/mol. The molecule has 11 heteroatoms. The molecule has 254 valence electrons. The maximum atomic E-state index is 15.8. The first-order valence-corrected chi connectivity index (χ1v) is 16.6. The van der Waals surface area contributed by atoms with Crippen LogP contribution in [0.2, 0.25) is 0 Å². The number of hydrogen-bond acceptors (Lipinski definition) is 7. The minimum atomic E-state index is -1.35. The Kier molecular flexibility index (Phi) is 8.93. The molecule has 2 aliphatic heterocycles. The molecule has 1 saturated heterocycles. The Morgan fingerprint density at radius 3 is 2.56 bits per heavy atom. The maximum Gasteiger partial charge on any atom is 0.337 e. The second kappa shape index (κ2) is 12.8. The van der Waals surface area contributed by atoms with Crippen LogP contribution in [-0.4, -0.2) is 74.8 Å². The Morgan fingerprint density at radius 2 is 1.85 bits per heavy atom. The smallest absolute Gasteiger partial charge is 0.337 e. The second-order valence-corrected chi connectivity index (χ2v) is 13.8. The van der Waals surface area contributed by atoms with E-state index in [1.54, 1.807) is 20.0 Å². The number of pyridine rings is 2. The summed E-state index contributed by atoms with van der Waals surface area (Å²) in [5.74, 6) is -0.467. The Balaban J connectivity index is 1.57. The Hall–Kier alpha value is -4.51. The van der Waals surface area contributed by atoms with Gasteiger partial charge in [0.05, 0.1) is 17.9 Å². The molecule has 4 aromatic rings. The number of carbonyl (C=O) groups is 2. The number of ether oxygens (including phenoxy) is 2. The van der Waals surface area contributed by atoms with Gasteiger partial charge in [0.1, 0.15) is 11.5 Å². The van der Waals surface area contributed by atoms with Gasteiger partial charge in [-0.1, -0.05) is 0 Å². The lowest BCUT2D eigenvalue weighted by Crippen LogP contribution is -2.33. The van der Waals surface area contributed by atoms with Gasteiger partial charge in [0.2, 0.25) is 5.91 Å². The molecule has 2 aliphatic rings. The molecule has 1 fully saturated rings. The van der Waals surface area contributed by atoms with Crippen molar-refractivity contribution >= 4 is 28.7 Å². The van der Waals surface area contributed by atoms with E-state index >= 15 is 4.39 Å². The van der Waals surface area contributed by atoms with E-state index in [0.717, 1.165) is 54.1 Å². The lowest BCUT2D eigenvalue weighted by atomic mass is 9.86. The first-order chi connectivity index (χ1) is 22.7. The minimum Gasteiger partial charge on any atom is -0.490 e. The molecule has 0 saturated carbocycles. The third-order valence-corrected chi connectivity index (χ3v) is 9.37. The molecular weight excluding hydrogens is 613 g/mol. The van der Waals surface area contributed by atoms with Crippen molar-refractivity contribution in [3.8, 4) is 28.1 Å². The molecule has 1 amide bonds. The fourth-order valence-corrected chi connectivity index (χ4v) is 7.06. The van der Waals surface area contributed by atoms with E-state index < -0.39 is 23.5 Å². The molecule has 0 spiro atoms. The largest absolute Gasteiger partial charge is 0.490 e. The number of rotatable bonds is 6. The molecular formula is C37H44FN5O5. The van der Waals surface area contributed by atoms with Crippen LogP contribution in [-0.2, 0) is 27.8 Å². The van der Waals surface area contributed by atoms with Crippen molar-refractivity contribution in [2.24, 2.45) is 7.05 Å². The number of carbonyl (C=O) groups excluding carboxylic acids is 1. The number of aryl methyl sites for hydroxylation is 2. The lowest BCUT2D eigenvalue weighted by Gasteiger charge is -2.29. The summed E-state index contributed by atoms with van der Waals surface area (Å²) < 4.78 is 29.7. The maximum absolute atomic E-state index is 15.8. The number of amides is 1. The zero-order valence-electron chi connectivity index (χ0n) is 28.8. The van der Waals surface area contributed by atoms with Crippen molar-refractivity contribution in [2.45, 2.75) is 72.5 Å². The highest BCUT2D eigenvalue weighted by atomic mass is 19.1. The van der Waals surface area contributed by atoms with Crippen LogP contribution >= 0.6 is 0 Å². The van der Waals surface area contributed by atoms with E-state index in [9.17, 15) is 14.7 Å². The van der Waals surface area contributed by atoms with Crippen molar-refractivity contribution in [3.63, 3.8) is 0 Å². The third-order valence-electron chi connectivity index (χ3n) is 9.37. The van der Waals surface area contributed by atoms with Gasteiger partial charge in [-0.15, -0.1) is 0 Å². The molecule has 1 atom stereocenters. The Bertz CT molecular complexity index is 1910. The standard InChI is InChI=1S/C37H44FN5O5/c1-21-25-10-8-17-47-33(25)28(38)19-26(21)32-27-20-29(24-11-12-39-30(18-24)43-14-9-13-42(15-16-43)23(3)44)41(7)35(27)40-22(2)31(32)34(36(45)46)48-37(4,5)6/h11-12,18-20,34H,8-10,13-17H2,1-7H3,(H,45,46)/t34-/m0/s1. The number of fused-ring (bicyclic) bond motifs is 2. The summed E-state index contributed by atoms with van der Waals surface area (Å²) >= 11 is 0. The van der Waals surface area contributed by atoms with Crippen molar-refractivity contribution in [1.82, 2.24) is 19.4 Å². The van der Waals surface area contributed by atoms with Gasteiger partial charge in [0.15, 0.2) is 17.7 Å². The molecule has 0 radical (unpaired) electrons. The normalized spacial score (nSPS) is 16.0. The molecule has 1 N–H and O–H groups in total. The summed E-state index contributed by atoms with van der Waals surface area (Å²) in [6, 6.07) is 7.45. The highest BCUT2D eigenvalue weighted by Gasteiger charge is 2.34. The first kappa shape index (κ1) is 33.4. The minimum absolute atomic E-state index is 0.0756. The fraction of sp³-hybridized carbons (Fsp3) is 0.459. The quantitative estimate of drug-likeness (QED) is 0.254. The number of anilines is 1. The summed E-state index contributed by atoms with van der Waals surface area (Å²) in [4.78, 5) is 38.6. The predicted octanol–water partition coefficient (Wildman–Crippen LogP) is 6.38. The molecule has 0 aliphatic carbocycles. The van der Waals surface area contributed by atoms with E-state index in [-0.39, 0.29) is 11.7 Å². The van der Waals surface area contributed by atoms with Crippen LogP contribution in [0.15, 0.2) is 30.5 Å². The van der Waals surface area contributed by atoms with Crippen molar-refractivity contribution < 1.29 is 28.6 Å². The lowest BCUT2D eigenvalue weighted by molar-refractivity contribution is -0.160. The van der Waals surface area contributed by atoms with E-state index in [4.69, 9.17) is 14.5 Å². The Labute approximate surface area is 280 Å². The van der Waals surface area contributed by atoms with Crippen LogP contribution in [0.3, 0.4) is 0 Å². The molecule has 6 rings (SSSR count). The van der Waals surface area contributed by atoms with Gasteiger partial charge in [-0.2, -0.15) is 0 Å². The number of carboxylic acids is 1. The van der Waals surface area contributed by atoms with Gasteiger partial charge in [0.25, 0.3) is 0 Å². The zero-order valence-corrected chi connectivity index (χ0v) is 28.8. The zero-order chi connectivity index (χ0) is 34.5. The van der Waals surface area contributed by atoms with Gasteiger partial charge < -0.3 is 28.9 Å². The van der Waals surface area contributed by atoms with E-state index in [2.05, 4.69) is 9.88 Å². The highest BCUT2D eigenvalue weighted by molar-refractivity contribution is 6.01. The molecule has 48 heavy (non-hydrogen) atoms. The summed E-state index contributed by atoms with van der Waals surface area (Å²) in [6.07, 6.45) is 2.71. The average Bonchev–Trinajstić information content (AvgIpc) is 3.19. The summed E-state index contributed by atoms with van der Waals surface area (Å²) in [5.41, 5.74) is 5.33. The topological polar surface area (TPSA) is 110 Å². The number of halogens is 1.